The molecule has 0 saturated heterocycles. The summed E-state index contributed by atoms with van der Waals surface area (Å²) in [7, 11) is 0. The van der Waals surface area contributed by atoms with Crippen LogP contribution in [0.25, 0.3) is 143 Å². The van der Waals surface area contributed by atoms with Gasteiger partial charge in [-0.1, -0.05) is 196 Å². The lowest BCUT2D eigenvalue weighted by atomic mass is 9.81. The van der Waals surface area contributed by atoms with E-state index in [1.54, 1.807) is 0 Å². The maximum absolute atomic E-state index is 5.44. The van der Waals surface area contributed by atoms with E-state index >= 15 is 0 Å². The molecular formula is C67H42N4. The quantitative estimate of drug-likeness (QED) is 0.165. The van der Waals surface area contributed by atoms with Crippen LogP contribution < -0.4 is 0 Å². The highest BCUT2D eigenvalue weighted by Gasteiger charge is 2.36. The third-order valence-corrected chi connectivity index (χ3v) is 15.4. The minimum Gasteiger partial charge on any atom is -0.228 e. The summed E-state index contributed by atoms with van der Waals surface area (Å²) in [5.41, 5.74) is 12.5. The SMILES string of the molecule is CC1(C)c2cc(-c3nc(-c4ccc5c6ccccc6c6ccccc6c5c4)c4ccccc4n3)ccc2-c2ccc(-c3nc(-c4ccc5c6ccccc6c6ccccc6c5c4)c4ccccc4n3)cc21. The third-order valence-electron chi connectivity index (χ3n) is 15.4. The first-order chi connectivity index (χ1) is 34.9. The van der Waals surface area contributed by atoms with Crippen molar-refractivity contribution in [3.05, 3.63) is 230 Å². The fourth-order valence-corrected chi connectivity index (χ4v) is 12.0. The van der Waals surface area contributed by atoms with Gasteiger partial charge in [-0.3, -0.25) is 0 Å². The van der Waals surface area contributed by atoms with Gasteiger partial charge in [-0.15, -0.1) is 0 Å². The number of para-hydroxylation sites is 2. The van der Waals surface area contributed by atoms with E-state index in [2.05, 4.69) is 232 Å². The molecule has 0 aliphatic heterocycles. The summed E-state index contributed by atoms with van der Waals surface area (Å²) in [4.78, 5) is 21.4. The Kier molecular flexibility index (Phi) is 8.38. The molecule has 2 heterocycles. The second-order valence-corrected chi connectivity index (χ2v) is 19.7. The van der Waals surface area contributed by atoms with E-state index in [9.17, 15) is 0 Å². The van der Waals surface area contributed by atoms with Crippen molar-refractivity contribution in [3.63, 3.8) is 0 Å². The predicted molar refractivity (Wildman–Crippen MR) is 297 cm³/mol. The monoisotopic (exact) mass is 902 g/mol. The third kappa shape index (κ3) is 5.92. The van der Waals surface area contributed by atoms with Gasteiger partial charge in [0.25, 0.3) is 0 Å². The molecule has 0 atom stereocenters. The Morgan fingerprint density at radius 1 is 0.254 bits per heavy atom. The molecule has 15 rings (SSSR count). The molecule has 0 N–H and O–H groups in total. The van der Waals surface area contributed by atoms with Crippen molar-refractivity contribution in [2.75, 3.05) is 0 Å². The molecule has 0 fully saturated rings. The summed E-state index contributed by atoms with van der Waals surface area (Å²) >= 11 is 0. The second-order valence-electron chi connectivity index (χ2n) is 19.7. The van der Waals surface area contributed by atoms with Crippen LogP contribution in [-0.4, -0.2) is 19.9 Å². The highest BCUT2D eigenvalue weighted by molar-refractivity contribution is 6.27. The number of aromatic nitrogens is 4. The van der Waals surface area contributed by atoms with E-state index in [1.807, 2.05) is 0 Å². The topological polar surface area (TPSA) is 51.6 Å². The van der Waals surface area contributed by atoms with Gasteiger partial charge in [-0.25, -0.2) is 19.9 Å². The van der Waals surface area contributed by atoms with Crippen LogP contribution in [0.5, 0.6) is 0 Å². The molecule has 12 aromatic carbocycles. The number of fused-ring (bicyclic) bond motifs is 17. The lowest BCUT2D eigenvalue weighted by Crippen LogP contribution is -2.15. The van der Waals surface area contributed by atoms with Gasteiger partial charge in [0.1, 0.15) is 0 Å². The summed E-state index contributed by atoms with van der Waals surface area (Å²) in [5, 5.41) is 17.0. The molecule has 4 nitrogen and oxygen atoms in total. The van der Waals surface area contributed by atoms with Crippen molar-refractivity contribution in [2.24, 2.45) is 0 Å². The van der Waals surface area contributed by atoms with Crippen LogP contribution in [0.2, 0.25) is 0 Å². The maximum atomic E-state index is 5.44. The van der Waals surface area contributed by atoms with Gasteiger partial charge in [0.2, 0.25) is 0 Å². The van der Waals surface area contributed by atoms with Crippen molar-refractivity contribution in [1.29, 1.82) is 0 Å². The highest BCUT2D eigenvalue weighted by Crippen LogP contribution is 2.51. The summed E-state index contributed by atoms with van der Waals surface area (Å²) in [6.07, 6.45) is 0. The van der Waals surface area contributed by atoms with Gasteiger partial charge in [-0.2, -0.15) is 0 Å². The molecule has 330 valence electrons. The summed E-state index contributed by atoms with van der Waals surface area (Å²) in [5.74, 6) is 1.42. The molecule has 14 aromatic rings. The molecule has 0 radical (unpaired) electrons. The largest absolute Gasteiger partial charge is 0.228 e. The molecule has 0 unspecified atom stereocenters. The molecule has 1 aliphatic carbocycles. The zero-order valence-electron chi connectivity index (χ0n) is 39.1. The molecule has 2 aromatic heterocycles. The molecule has 0 bridgehead atoms. The van der Waals surface area contributed by atoms with Crippen LogP contribution in [0.4, 0.5) is 0 Å². The lowest BCUT2D eigenvalue weighted by molar-refractivity contribution is 0.660. The van der Waals surface area contributed by atoms with Crippen LogP contribution in [0, 0.1) is 0 Å². The van der Waals surface area contributed by atoms with Gasteiger partial charge < -0.3 is 0 Å². The molecular weight excluding hydrogens is 861 g/mol. The van der Waals surface area contributed by atoms with Crippen molar-refractivity contribution in [3.8, 4) is 56.4 Å². The van der Waals surface area contributed by atoms with Gasteiger partial charge in [0.15, 0.2) is 11.6 Å². The summed E-state index contributed by atoms with van der Waals surface area (Å²) < 4.78 is 0. The molecule has 4 heteroatoms. The standard InChI is InChI=1S/C67H42N4/c1-67(2)59-37-41(65-68-61-25-13-11-23-55(61)63(70-65)39-27-31-51-47-19-5-3-15-43(47)45-17-7-9-21-49(45)57(51)35-39)29-33-53(59)54-34-30-42(38-60(54)67)66-69-62-26-14-12-24-56(62)64(71-66)40-28-32-52-48-20-6-4-16-44(48)46-18-8-10-22-50(46)58(52)36-40/h3-38H,1-2H3. The second kappa shape index (κ2) is 14.9. The van der Waals surface area contributed by atoms with Gasteiger partial charge in [-0.05, 0) is 123 Å². The molecule has 71 heavy (non-hydrogen) atoms. The van der Waals surface area contributed by atoms with Crippen molar-refractivity contribution in [2.45, 2.75) is 19.3 Å². The van der Waals surface area contributed by atoms with Crippen LogP contribution in [0.1, 0.15) is 25.0 Å². The summed E-state index contributed by atoms with van der Waals surface area (Å²) in [6.45, 7) is 4.66. The van der Waals surface area contributed by atoms with Crippen molar-refractivity contribution >= 4 is 86.4 Å². The van der Waals surface area contributed by atoms with E-state index in [-0.39, 0.29) is 5.41 Å². The number of hydrogen-bond donors (Lipinski definition) is 0. The Morgan fingerprint density at radius 2 is 0.549 bits per heavy atom. The highest BCUT2D eigenvalue weighted by atomic mass is 14.9. The minimum atomic E-state index is -0.319. The van der Waals surface area contributed by atoms with Crippen LogP contribution in [-0.2, 0) is 5.41 Å². The molecule has 0 saturated carbocycles. The van der Waals surface area contributed by atoms with E-state index in [0.717, 1.165) is 55.4 Å². The maximum Gasteiger partial charge on any atom is 0.160 e. The van der Waals surface area contributed by atoms with Gasteiger partial charge in [0.05, 0.1) is 22.4 Å². The van der Waals surface area contributed by atoms with Crippen LogP contribution in [0.15, 0.2) is 218 Å². The van der Waals surface area contributed by atoms with E-state index in [4.69, 9.17) is 19.9 Å². The Hall–Kier alpha value is -9.12. The van der Waals surface area contributed by atoms with Crippen molar-refractivity contribution in [1.82, 2.24) is 19.9 Å². The number of benzene rings is 12. The Morgan fingerprint density at radius 3 is 0.915 bits per heavy atom. The number of hydrogen-bond acceptors (Lipinski definition) is 4. The normalized spacial score (nSPS) is 13.0. The van der Waals surface area contributed by atoms with E-state index < -0.39 is 0 Å². The molecule has 1 aliphatic rings. The van der Waals surface area contributed by atoms with Crippen LogP contribution >= 0.6 is 0 Å². The first-order valence-corrected chi connectivity index (χ1v) is 24.5. The fourth-order valence-electron chi connectivity index (χ4n) is 12.0. The lowest BCUT2D eigenvalue weighted by Gasteiger charge is -2.22. The Labute approximate surface area is 409 Å². The smallest absolute Gasteiger partial charge is 0.160 e. The number of nitrogens with zero attached hydrogens (tertiary/aromatic N) is 4. The van der Waals surface area contributed by atoms with Crippen LogP contribution in [0.3, 0.4) is 0 Å². The van der Waals surface area contributed by atoms with E-state index in [0.29, 0.717) is 11.6 Å². The first kappa shape index (κ1) is 39.8. The molecule has 0 spiro atoms. The average molecular weight is 903 g/mol. The zero-order chi connectivity index (χ0) is 47.0. The predicted octanol–water partition coefficient (Wildman–Crippen LogP) is 17.5. The number of rotatable bonds is 4. The Bertz CT molecular complexity index is 4260. The first-order valence-electron chi connectivity index (χ1n) is 24.5. The minimum absolute atomic E-state index is 0.319. The molecule has 0 amide bonds. The zero-order valence-corrected chi connectivity index (χ0v) is 39.1. The van der Waals surface area contributed by atoms with Crippen molar-refractivity contribution < 1.29 is 0 Å². The van der Waals surface area contributed by atoms with E-state index in [1.165, 1.54) is 86.9 Å². The van der Waals surface area contributed by atoms with Gasteiger partial charge in [0, 0.05) is 38.4 Å². The fraction of sp³-hybridized carbons (Fsp3) is 0.0448. The van der Waals surface area contributed by atoms with Gasteiger partial charge >= 0.3 is 0 Å². The summed E-state index contributed by atoms with van der Waals surface area (Å²) in [6, 6.07) is 79.0. The Balaban J connectivity index is 0.834. The average Bonchev–Trinajstić information content (AvgIpc) is 3.66.